The van der Waals surface area contributed by atoms with E-state index in [2.05, 4.69) is 12.1 Å². The Kier molecular flexibility index (Phi) is 7.05. The van der Waals surface area contributed by atoms with Gasteiger partial charge in [-0.1, -0.05) is 48.5 Å². The molecule has 0 atom stereocenters. The van der Waals surface area contributed by atoms with Gasteiger partial charge in [-0.05, 0) is 48.7 Å². The smallest absolute Gasteiger partial charge is 0.260 e. The van der Waals surface area contributed by atoms with E-state index in [1.54, 1.807) is 19.1 Å². The molecule has 1 aromatic heterocycles. The topological polar surface area (TPSA) is 51.7 Å². The summed E-state index contributed by atoms with van der Waals surface area (Å²) in [6, 6.07) is 23.4. The number of rotatable bonds is 8. The van der Waals surface area contributed by atoms with Crippen LogP contribution in [0, 0.1) is 6.92 Å². The Morgan fingerprint density at radius 3 is 2.45 bits per heavy atom. The summed E-state index contributed by atoms with van der Waals surface area (Å²) in [5.74, 6) is 1.37. The van der Waals surface area contributed by atoms with Crippen LogP contribution in [0.25, 0.3) is 11.3 Å². The zero-order chi connectivity index (χ0) is 23.2. The molecule has 1 amide bonds. The Bertz CT molecular complexity index is 1240. The summed E-state index contributed by atoms with van der Waals surface area (Å²) in [6.07, 6.45) is 0.732. The van der Waals surface area contributed by atoms with E-state index in [1.807, 2.05) is 73.0 Å². The molecule has 0 N–H and O–H groups in total. The summed E-state index contributed by atoms with van der Waals surface area (Å²) in [7, 11) is 3.26. The van der Waals surface area contributed by atoms with Crippen LogP contribution in [0.5, 0.6) is 11.5 Å². The molecule has 4 rings (SSSR count). The monoisotopic (exact) mass is 458 g/mol. The van der Waals surface area contributed by atoms with Gasteiger partial charge in [-0.2, -0.15) is 0 Å². The molecule has 0 fully saturated rings. The van der Waals surface area contributed by atoms with Crippen molar-refractivity contribution < 1.29 is 14.3 Å². The number of aryl methyl sites for hydroxylation is 1. The molecular weight excluding hydrogens is 432 g/mol. The van der Waals surface area contributed by atoms with Crippen LogP contribution in [0.3, 0.4) is 0 Å². The van der Waals surface area contributed by atoms with Gasteiger partial charge in [0.1, 0.15) is 11.5 Å². The molecule has 0 aliphatic rings. The van der Waals surface area contributed by atoms with Gasteiger partial charge in [0, 0.05) is 23.1 Å². The number of methoxy groups -OCH3 is 2. The molecule has 4 aromatic rings. The molecule has 0 radical (unpaired) electrons. The van der Waals surface area contributed by atoms with Gasteiger partial charge in [-0.25, -0.2) is 4.98 Å². The fraction of sp³-hybridized carbons (Fsp3) is 0.185. The van der Waals surface area contributed by atoms with Gasteiger partial charge in [0.05, 0.1) is 19.9 Å². The third-order valence-electron chi connectivity index (χ3n) is 5.49. The third-order valence-corrected chi connectivity index (χ3v) is 6.36. The maximum atomic E-state index is 13.6. The number of amides is 1. The summed E-state index contributed by atoms with van der Waals surface area (Å²) in [4.78, 5) is 20.2. The lowest BCUT2D eigenvalue weighted by Gasteiger charge is -2.21. The summed E-state index contributed by atoms with van der Waals surface area (Å²) in [6.45, 7) is 2.48. The van der Waals surface area contributed by atoms with Crippen LogP contribution < -0.4 is 14.4 Å². The number of aromatic nitrogens is 1. The van der Waals surface area contributed by atoms with Gasteiger partial charge in [-0.15, -0.1) is 11.3 Å². The largest absolute Gasteiger partial charge is 0.497 e. The molecule has 3 aromatic carbocycles. The lowest BCUT2D eigenvalue weighted by Crippen LogP contribution is -2.33. The van der Waals surface area contributed by atoms with E-state index in [-0.39, 0.29) is 5.91 Å². The predicted octanol–water partition coefficient (Wildman–Crippen LogP) is 6.03. The average Bonchev–Trinajstić information content (AvgIpc) is 3.34. The minimum absolute atomic E-state index is 0.0532. The van der Waals surface area contributed by atoms with Gasteiger partial charge >= 0.3 is 0 Å². The molecule has 6 heteroatoms. The Hall–Kier alpha value is -3.64. The molecule has 0 unspecified atom stereocenters. The van der Waals surface area contributed by atoms with E-state index in [0.717, 1.165) is 29.0 Å². The minimum Gasteiger partial charge on any atom is -0.497 e. The highest BCUT2D eigenvalue weighted by Crippen LogP contribution is 2.36. The standard InChI is InChI=1S/C27H26N2O3S/c1-19-9-7-8-12-22(19)26(30)29(16-15-20-10-5-4-6-11-20)27-28-24(18-33-27)23-17-21(31-2)13-14-25(23)32-3/h4-14,17-18H,15-16H2,1-3H3. The van der Waals surface area contributed by atoms with E-state index in [4.69, 9.17) is 14.5 Å². The highest BCUT2D eigenvalue weighted by molar-refractivity contribution is 7.14. The molecule has 0 bridgehead atoms. The molecular formula is C27H26N2O3S. The van der Waals surface area contributed by atoms with Crippen molar-refractivity contribution in [3.05, 3.63) is 94.9 Å². The number of hydrogen-bond donors (Lipinski definition) is 0. The SMILES string of the molecule is COc1ccc(OC)c(-c2csc(N(CCc3ccccc3)C(=O)c3ccccc3C)n2)c1. The van der Waals surface area contributed by atoms with Gasteiger partial charge in [0.2, 0.25) is 0 Å². The van der Waals surface area contributed by atoms with Crippen molar-refractivity contribution in [2.24, 2.45) is 0 Å². The van der Waals surface area contributed by atoms with Crippen LogP contribution >= 0.6 is 11.3 Å². The van der Waals surface area contributed by atoms with Gasteiger partial charge in [0.15, 0.2) is 5.13 Å². The van der Waals surface area contributed by atoms with Crippen molar-refractivity contribution in [1.82, 2.24) is 4.98 Å². The lowest BCUT2D eigenvalue weighted by atomic mass is 10.1. The molecule has 33 heavy (non-hydrogen) atoms. The number of carbonyl (C=O) groups is 1. The number of nitrogens with zero attached hydrogens (tertiary/aromatic N) is 2. The first-order valence-corrected chi connectivity index (χ1v) is 11.6. The first-order valence-electron chi connectivity index (χ1n) is 10.7. The second-order valence-corrected chi connectivity index (χ2v) is 8.43. The van der Waals surface area contributed by atoms with Crippen LogP contribution in [0.1, 0.15) is 21.5 Å². The Labute approximate surface area is 198 Å². The molecule has 0 saturated heterocycles. The Morgan fingerprint density at radius 2 is 1.73 bits per heavy atom. The minimum atomic E-state index is -0.0532. The predicted molar refractivity (Wildman–Crippen MR) is 134 cm³/mol. The van der Waals surface area contributed by atoms with Crippen LogP contribution in [-0.4, -0.2) is 31.7 Å². The van der Waals surface area contributed by atoms with Crippen LogP contribution in [0.4, 0.5) is 5.13 Å². The van der Waals surface area contributed by atoms with Crippen molar-refractivity contribution in [3.8, 4) is 22.8 Å². The lowest BCUT2D eigenvalue weighted by molar-refractivity contribution is 0.0986. The maximum absolute atomic E-state index is 13.6. The summed E-state index contributed by atoms with van der Waals surface area (Å²) in [5.41, 5.74) is 4.37. The molecule has 0 aliphatic carbocycles. The maximum Gasteiger partial charge on any atom is 0.260 e. The van der Waals surface area contributed by atoms with Crippen LogP contribution in [-0.2, 0) is 6.42 Å². The van der Waals surface area contributed by atoms with E-state index in [1.165, 1.54) is 16.9 Å². The summed E-state index contributed by atoms with van der Waals surface area (Å²) >= 11 is 1.45. The third kappa shape index (κ3) is 5.07. The highest BCUT2D eigenvalue weighted by Gasteiger charge is 2.23. The van der Waals surface area contributed by atoms with Gasteiger partial charge in [0.25, 0.3) is 5.91 Å². The zero-order valence-corrected chi connectivity index (χ0v) is 19.8. The van der Waals surface area contributed by atoms with Crippen LogP contribution in [0.15, 0.2) is 78.2 Å². The van der Waals surface area contributed by atoms with Gasteiger partial charge < -0.3 is 9.47 Å². The second kappa shape index (κ2) is 10.3. The van der Waals surface area contributed by atoms with E-state index >= 15 is 0 Å². The first-order chi connectivity index (χ1) is 16.1. The van der Waals surface area contributed by atoms with E-state index in [0.29, 0.717) is 23.0 Å². The molecule has 1 heterocycles. The van der Waals surface area contributed by atoms with Crippen molar-refractivity contribution >= 4 is 22.4 Å². The van der Waals surface area contributed by atoms with Crippen molar-refractivity contribution in [3.63, 3.8) is 0 Å². The number of anilines is 1. The molecule has 0 saturated carbocycles. The highest BCUT2D eigenvalue weighted by atomic mass is 32.1. The van der Waals surface area contributed by atoms with E-state index < -0.39 is 0 Å². The molecule has 5 nitrogen and oxygen atoms in total. The number of thiazole rings is 1. The van der Waals surface area contributed by atoms with Crippen molar-refractivity contribution in [2.45, 2.75) is 13.3 Å². The second-order valence-electron chi connectivity index (χ2n) is 7.59. The Morgan fingerprint density at radius 1 is 0.970 bits per heavy atom. The molecule has 0 spiro atoms. The quantitative estimate of drug-likeness (QED) is 0.324. The number of carbonyl (C=O) groups excluding carboxylic acids is 1. The summed E-state index contributed by atoms with van der Waals surface area (Å²) in [5, 5.41) is 2.60. The van der Waals surface area contributed by atoms with Crippen LogP contribution in [0.2, 0.25) is 0 Å². The summed E-state index contributed by atoms with van der Waals surface area (Å²) < 4.78 is 10.9. The molecule has 0 aliphatic heterocycles. The van der Waals surface area contributed by atoms with Crippen molar-refractivity contribution in [2.75, 3.05) is 25.7 Å². The van der Waals surface area contributed by atoms with Crippen molar-refractivity contribution in [1.29, 1.82) is 0 Å². The average molecular weight is 459 g/mol. The number of hydrogen-bond acceptors (Lipinski definition) is 5. The fourth-order valence-electron chi connectivity index (χ4n) is 3.65. The number of benzene rings is 3. The van der Waals surface area contributed by atoms with E-state index in [9.17, 15) is 4.79 Å². The van der Waals surface area contributed by atoms with Gasteiger partial charge in [-0.3, -0.25) is 9.69 Å². The Balaban J connectivity index is 1.70. The fourth-order valence-corrected chi connectivity index (χ4v) is 4.50. The number of ether oxygens (including phenoxy) is 2. The normalized spacial score (nSPS) is 10.6. The molecule has 168 valence electrons. The first kappa shape index (κ1) is 22.6. The zero-order valence-electron chi connectivity index (χ0n) is 18.9.